The monoisotopic (exact) mass is 365 g/mol. The highest BCUT2D eigenvalue weighted by Gasteiger charge is 2.24. The second-order valence-electron chi connectivity index (χ2n) is 6.43. The zero-order valence-corrected chi connectivity index (χ0v) is 15.3. The van der Waals surface area contributed by atoms with E-state index in [0.717, 1.165) is 40.7 Å². The largest absolute Gasteiger partial charge is 0.383 e. The third kappa shape index (κ3) is 2.47. The number of aryl methyl sites for hydroxylation is 2. The smallest absolute Gasteiger partial charge is 0.227 e. The summed E-state index contributed by atoms with van der Waals surface area (Å²) in [6.07, 6.45) is 3.47. The Morgan fingerprint density at radius 1 is 1.19 bits per heavy atom. The van der Waals surface area contributed by atoms with Gasteiger partial charge in [0.15, 0.2) is 11.5 Å². The van der Waals surface area contributed by atoms with Gasteiger partial charge in [-0.1, -0.05) is 30.3 Å². The first-order valence-corrected chi connectivity index (χ1v) is 9.66. The van der Waals surface area contributed by atoms with Crippen molar-refractivity contribution in [1.29, 1.82) is 0 Å². The topological polar surface area (TPSA) is 64.3 Å². The Balaban J connectivity index is 1.74. The average molecular weight is 365 g/mol. The van der Waals surface area contributed by atoms with E-state index in [0.29, 0.717) is 13.2 Å². The molecule has 0 unspecified atom stereocenters. The number of fused-ring (bicyclic) bond motifs is 5. The molecule has 26 heavy (non-hydrogen) atoms. The van der Waals surface area contributed by atoms with Crippen LogP contribution in [0.1, 0.15) is 16.9 Å². The van der Waals surface area contributed by atoms with E-state index < -0.39 is 0 Å². The Labute approximate surface area is 154 Å². The molecule has 4 aromatic rings. The number of hydrogen-bond donors (Lipinski definition) is 1. The first-order valence-electron chi connectivity index (χ1n) is 8.84. The van der Waals surface area contributed by atoms with E-state index in [-0.39, 0.29) is 0 Å². The van der Waals surface area contributed by atoms with Gasteiger partial charge in [0.25, 0.3) is 0 Å². The van der Waals surface area contributed by atoms with Crippen LogP contribution in [0.2, 0.25) is 0 Å². The number of ether oxygens (including phenoxy) is 1. The summed E-state index contributed by atoms with van der Waals surface area (Å²) in [5, 5.41) is 9.28. The maximum Gasteiger partial charge on any atom is 0.227 e. The van der Waals surface area contributed by atoms with Crippen molar-refractivity contribution in [3.63, 3.8) is 0 Å². The first-order chi connectivity index (χ1) is 12.8. The van der Waals surface area contributed by atoms with E-state index in [2.05, 4.69) is 5.32 Å². The lowest BCUT2D eigenvalue weighted by atomic mass is 10.2. The Bertz CT molecular complexity index is 1090. The van der Waals surface area contributed by atoms with Gasteiger partial charge < -0.3 is 10.1 Å². The highest BCUT2D eigenvalue weighted by atomic mass is 32.1. The van der Waals surface area contributed by atoms with Crippen molar-refractivity contribution < 1.29 is 4.74 Å². The van der Waals surface area contributed by atoms with Gasteiger partial charge in [-0.3, -0.25) is 0 Å². The van der Waals surface area contributed by atoms with Crippen LogP contribution in [-0.2, 0) is 17.6 Å². The Morgan fingerprint density at radius 2 is 2.08 bits per heavy atom. The molecule has 7 heteroatoms. The van der Waals surface area contributed by atoms with Crippen LogP contribution >= 0.6 is 11.3 Å². The molecule has 0 fully saturated rings. The number of thiophene rings is 1. The number of rotatable bonds is 5. The summed E-state index contributed by atoms with van der Waals surface area (Å²) in [5.41, 5.74) is 3.32. The van der Waals surface area contributed by atoms with Gasteiger partial charge >= 0.3 is 0 Å². The van der Waals surface area contributed by atoms with Gasteiger partial charge in [-0.2, -0.15) is 4.52 Å². The third-order valence-corrected chi connectivity index (χ3v) is 5.95. The molecule has 1 aliphatic rings. The summed E-state index contributed by atoms with van der Waals surface area (Å²) in [4.78, 5) is 12.3. The van der Waals surface area contributed by atoms with Crippen LogP contribution in [0.5, 0.6) is 0 Å². The van der Waals surface area contributed by atoms with Gasteiger partial charge in [0.1, 0.15) is 4.83 Å². The fourth-order valence-corrected chi connectivity index (χ4v) is 4.81. The van der Waals surface area contributed by atoms with Crippen LogP contribution < -0.4 is 5.32 Å². The van der Waals surface area contributed by atoms with Crippen molar-refractivity contribution in [3.8, 4) is 11.4 Å². The van der Waals surface area contributed by atoms with E-state index in [1.165, 1.54) is 22.2 Å². The van der Waals surface area contributed by atoms with Crippen molar-refractivity contribution in [2.75, 3.05) is 25.6 Å². The molecule has 1 N–H and O–H groups in total. The average Bonchev–Trinajstić information content (AvgIpc) is 3.36. The van der Waals surface area contributed by atoms with Crippen LogP contribution in [0.15, 0.2) is 30.3 Å². The van der Waals surface area contributed by atoms with Crippen molar-refractivity contribution in [3.05, 3.63) is 40.8 Å². The van der Waals surface area contributed by atoms with Crippen molar-refractivity contribution in [2.45, 2.75) is 19.3 Å². The minimum absolute atomic E-state index is 0.613. The van der Waals surface area contributed by atoms with Gasteiger partial charge in [0, 0.05) is 24.1 Å². The van der Waals surface area contributed by atoms with E-state index in [1.54, 1.807) is 18.4 Å². The molecule has 0 saturated heterocycles. The molecule has 1 aromatic carbocycles. The zero-order valence-electron chi connectivity index (χ0n) is 14.5. The van der Waals surface area contributed by atoms with E-state index in [1.807, 2.05) is 34.8 Å². The molecular weight excluding hydrogens is 346 g/mol. The lowest BCUT2D eigenvalue weighted by molar-refractivity contribution is 0.210. The number of anilines is 1. The summed E-state index contributed by atoms with van der Waals surface area (Å²) in [6.45, 7) is 1.29. The second-order valence-corrected chi connectivity index (χ2v) is 7.51. The lowest BCUT2D eigenvalue weighted by Crippen LogP contribution is -2.12. The standard InChI is InChI=1S/C19H19N5OS/c1-25-11-10-20-19-22-18-15(13-8-5-9-14(13)26-18)17-21-16(23-24(17)19)12-6-3-2-4-7-12/h2-4,6-7H,5,8-11H2,1H3,(H,20,22). The Morgan fingerprint density at radius 3 is 2.92 bits per heavy atom. The van der Waals surface area contributed by atoms with Crippen molar-refractivity contribution >= 4 is 33.1 Å². The highest BCUT2D eigenvalue weighted by molar-refractivity contribution is 7.19. The number of methoxy groups -OCH3 is 1. The van der Waals surface area contributed by atoms with Crippen LogP contribution in [0, 0.1) is 0 Å². The molecule has 0 amide bonds. The summed E-state index contributed by atoms with van der Waals surface area (Å²) < 4.78 is 7.01. The van der Waals surface area contributed by atoms with Crippen molar-refractivity contribution in [1.82, 2.24) is 19.6 Å². The molecule has 0 atom stereocenters. The van der Waals surface area contributed by atoms with Crippen LogP contribution in [0.25, 0.3) is 27.3 Å². The van der Waals surface area contributed by atoms with Gasteiger partial charge in [-0.05, 0) is 24.8 Å². The molecule has 132 valence electrons. The molecular formula is C19H19N5OS. The molecule has 0 aliphatic heterocycles. The predicted molar refractivity (Wildman–Crippen MR) is 104 cm³/mol. The molecule has 3 aromatic heterocycles. The fourth-order valence-electron chi connectivity index (χ4n) is 3.55. The molecule has 6 nitrogen and oxygen atoms in total. The van der Waals surface area contributed by atoms with Gasteiger partial charge in [0.2, 0.25) is 5.95 Å². The van der Waals surface area contributed by atoms with Crippen LogP contribution in [0.4, 0.5) is 5.95 Å². The Kier molecular flexibility index (Phi) is 3.83. The number of nitrogens with one attached hydrogen (secondary N) is 1. The molecule has 1 aliphatic carbocycles. The van der Waals surface area contributed by atoms with Gasteiger partial charge in [-0.15, -0.1) is 16.4 Å². The normalized spacial score (nSPS) is 13.6. The SMILES string of the molecule is COCCNc1nc2sc3c(c2c2nc(-c4ccccc4)nn12)CCC3. The number of benzene rings is 1. The van der Waals surface area contributed by atoms with Gasteiger partial charge in [-0.25, -0.2) is 9.97 Å². The maximum absolute atomic E-state index is 5.15. The summed E-state index contributed by atoms with van der Waals surface area (Å²) in [5.74, 6) is 1.45. The highest BCUT2D eigenvalue weighted by Crippen LogP contribution is 2.39. The van der Waals surface area contributed by atoms with E-state index in [4.69, 9.17) is 19.8 Å². The molecule has 3 heterocycles. The molecule has 5 rings (SSSR count). The summed E-state index contributed by atoms with van der Waals surface area (Å²) >= 11 is 1.80. The second kappa shape index (κ2) is 6.34. The zero-order chi connectivity index (χ0) is 17.5. The third-order valence-electron chi connectivity index (χ3n) is 4.76. The molecule has 0 radical (unpaired) electrons. The predicted octanol–water partition coefficient (Wildman–Crippen LogP) is 3.55. The minimum atomic E-state index is 0.613. The van der Waals surface area contributed by atoms with E-state index >= 15 is 0 Å². The molecule has 0 bridgehead atoms. The van der Waals surface area contributed by atoms with Crippen molar-refractivity contribution in [2.24, 2.45) is 0 Å². The van der Waals surface area contributed by atoms with Crippen LogP contribution in [0.3, 0.4) is 0 Å². The fraction of sp³-hybridized carbons (Fsp3) is 0.316. The number of nitrogens with zero attached hydrogens (tertiary/aromatic N) is 4. The summed E-state index contributed by atoms with van der Waals surface area (Å²) in [6, 6.07) is 10.1. The van der Waals surface area contributed by atoms with Gasteiger partial charge in [0.05, 0.1) is 12.0 Å². The summed E-state index contributed by atoms with van der Waals surface area (Å²) in [7, 11) is 1.70. The number of hydrogen-bond acceptors (Lipinski definition) is 6. The first kappa shape index (κ1) is 15.7. The van der Waals surface area contributed by atoms with Crippen LogP contribution in [-0.4, -0.2) is 39.8 Å². The Hall–Kier alpha value is -2.51. The minimum Gasteiger partial charge on any atom is -0.383 e. The maximum atomic E-state index is 5.15. The number of aromatic nitrogens is 4. The quantitative estimate of drug-likeness (QED) is 0.548. The molecule has 0 spiro atoms. The lowest BCUT2D eigenvalue weighted by Gasteiger charge is -2.07. The molecule has 0 saturated carbocycles. The van der Waals surface area contributed by atoms with E-state index in [9.17, 15) is 0 Å².